The summed E-state index contributed by atoms with van der Waals surface area (Å²) in [7, 11) is -4.21. The van der Waals surface area contributed by atoms with Crippen LogP contribution in [0.3, 0.4) is 0 Å². The number of rotatable bonds is 1. The fourth-order valence-electron chi connectivity index (χ4n) is 2.21. The first-order valence-electron chi connectivity index (χ1n) is 5.66. The second-order valence-electron chi connectivity index (χ2n) is 4.36. The minimum absolute atomic E-state index is 0.118. The first kappa shape index (κ1) is 14.0. The molecule has 0 aliphatic carbocycles. The van der Waals surface area contributed by atoms with E-state index in [9.17, 15) is 8.42 Å². The molecule has 0 fully saturated rings. The molecule has 6 heteroatoms. The lowest BCUT2D eigenvalue weighted by atomic mass is 10.0. The number of hydrogen-bond acceptors (Lipinski definition) is 2. The molecule has 102 valence electrons. The van der Waals surface area contributed by atoms with Crippen LogP contribution >= 0.6 is 31.9 Å². The van der Waals surface area contributed by atoms with Gasteiger partial charge in [0.1, 0.15) is 0 Å². The maximum Gasteiger partial charge on any atom is 0.294 e. The number of hydrogen-bond donors (Lipinski definition) is 1. The van der Waals surface area contributed by atoms with Crippen molar-refractivity contribution in [1.82, 2.24) is 0 Å². The van der Waals surface area contributed by atoms with Crippen LogP contribution in [0.4, 0.5) is 0 Å². The van der Waals surface area contributed by atoms with Crippen molar-refractivity contribution in [3.63, 3.8) is 0 Å². The van der Waals surface area contributed by atoms with Crippen LogP contribution in [0.5, 0.6) is 0 Å². The van der Waals surface area contributed by atoms with Crippen molar-refractivity contribution in [1.29, 1.82) is 0 Å². The summed E-state index contributed by atoms with van der Waals surface area (Å²) in [6, 6.07) is 12.3. The van der Waals surface area contributed by atoms with Gasteiger partial charge in [0.25, 0.3) is 10.1 Å². The van der Waals surface area contributed by atoms with Gasteiger partial charge in [0, 0.05) is 8.95 Å². The zero-order valence-electron chi connectivity index (χ0n) is 9.97. The van der Waals surface area contributed by atoms with Gasteiger partial charge in [-0.1, -0.05) is 30.3 Å². The molecule has 1 N–H and O–H groups in total. The third-order valence-electron chi connectivity index (χ3n) is 3.16. The molecule has 0 spiro atoms. The van der Waals surface area contributed by atoms with Gasteiger partial charge in [0.2, 0.25) is 0 Å². The summed E-state index contributed by atoms with van der Waals surface area (Å²) >= 11 is 7.08. The highest BCUT2D eigenvalue weighted by Gasteiger charge is 2.15. The normalized spacial score (nSPS) is 12.2. The van der Waals surface area contributed by atoms with Crippen LogP contribution in [-0.4, -0.2) is 13.0 Å². The van der Waals surface area contributed by atoms with Crippen molar-refractivity contribution in [2.24, 2.45) is 0 Å². The van der Waals surface area contributed by atoms with Crippen LogP contribution in [0, 0.1) is 0 Å². The number of fused-ring (bicyclic) bond motifs is 2. The Kier molecular flexibility index (Phi) is 3.36. The SMILES string of the molecule is O=S(=O)(O)c1ccc2c(Br)c3ccccc3c(Br)c2c1. The average Bonchev–Trinajstić information content (AvgIpc) is 2.43. The first-order valence-corrected chi connectivity index (χ1v) is 8.69. The molecule has 0 heterocycles. The summed E-state index contributed by atoms with van der Waals surface area (Å²) in [5.41, 5.74) is 0. The quantitative estimate of drug-likeness (QED) is 0.460. The fraction of sp³-hybridized carbons (Fsp3) is 0. The first-order chi connectivity index (χ1) is 9.39. The van der Waals surface area contributed by atoms with E-state index in [1.54, 1.807) is 6.07 Å². The Morgan fingerprint density at radius 3 is 1.85 bits per heavy atom. The van der Waals surface area contributed by atoms with E-state index < -0.39 is 10.1 Å². The highest BCUT2D eigenvalue weighted by atomic mass is 79.9. The highest BCUT2D eigenvalue weighted by molar-refractivity contribution is 9.11. The molecule has 0 atom stereocenters. The van der Waals surface area contributed by atoms with Gasteiger partial charge in [-0.3, -0.25) is 4.55 Å². The van der Waals surface area contributed by atoms with E-state index in [-0.39, 0.29) is 4.90 Å². The minimum Gasteiger partial charge on any atom is -0.282 e. The molecule has 20 heavy (non-hydrogen) atoms. The van der Waals surface area contributed by atoms with Crippen molar-refractivity contribution in [3.05, 3.63) is 51.4 Å². The Labute approximate surface area is 132 Å². The van der Waals surface area contributed by atoms with Crippen LogP contribution < -0.4 is 0 Å². The Hall–Kier alpha value is -0.950. The largest absolute Gasteiger partial charge is 0.294 e. The summed E-state index contributed by atoms with van der Waals surface area (Å²) in [6.07, 6.45) is 0. The lowest BCUT2D eigenvalue weighted by Crippen LogP contribution is -1.97. The zero-order chi connectivity index (χ0) is 14.5. The van der Waals surface area contributed by atoms with Gasteiger partial charge >= 0.3 is 0 Å². The van der Waals surface area contributed by atoms with Crippen molar-refractivity contribution in [2.45, 2.75) is 4.90 Å². The molecule has 0 aromatic heterocycles. The lowest BCUT2D eigenvalue weighted by molar-refractivity contribution is 0.483. The smallest absolute Gasteiger partial charge is 0.282 e. The molecule has 3 nitrogen and oxygen atoms in total. The van der Waals surface area contributed by atoms with E-state index in [4.69, 9.17) is 4.55 Å². The highest BCUT2D eigenvalue weighted by Crippen LogP contribution is 2.39. The molecule has 3 rings (SSSR count). The topological polar surface area (TPSA) is 54.4 Å². The monoisotopic (exact) mass is 414 g/mol. The third-order valence-corrected chi connectivity index (χ3v) is 5.72. The minimum atomic E-state index is -4.21. The lowest BCUT2D eigenvalue weighted by Gasteiger charge is -2.10. The van der Waals surface area contributed by atoms with Gasteiger partial charge in [0.05, 0.1) is 4.90 Å². The summed E-state index contributed by atoms with van der Waals surface area (Å²) in [6.45, 7) is 0. The molecular formula is C14H8Br2O3S. The molecule has 3 aromatic carbocycles. The van der Waals surface area contributed by atoms with E-state index in [1.165, 1.54) is 12.1 Å². The Morgan fingerprint density at radius 1 is 0.800 bits per heavy atom. The second-order valence-corrected chi connectivity index (χ2v) is 7.36. The molecule has 0 aliphatic heterocycles. The Bertz CT molecular complexity index is 949. The average molecular weight is 416 g/mol. The molecule has 0 saturated heterocycles. The van der Waals surface area contributed by atoms with Gasteiger partial charge in [-0.25, -0.2) is 0 Å². The molecule has 0 amide bonds. The van der Waals surface area contributed by atoms with Crippen molar-refractivity contribution < 1.29 is 13.0 Å². The molecular weight excluding hydrogens is 408 g/mol. The summed E-state index contributed by atoms with van der Waals surface area (Å²) in [5, 5.41) is 3.61. The fourth-order valence-corrected chi connectivity index (χ4v) is 4.08. The zero-order valence-corrected chi connectivity index (χ0v) is 14.0. The van der Waals surface area contributed by atoms with Crippen LogP contribution in [0.2, 0.25) is 0 Å². The van der Waals surface area contributed by atoms with Gasteiger partial charge in [-0.15, -0.1) is 0 Å². The third kappa shape index (κ3) is 2.16. The van der Waals surface area contributed by atoms with Crippen molar-refractivity contribution in [3.8, 4) is 0 Å². The van der Waals surface area contributed by atoms with Crippen LogP contribution in [-0.2, 0) is 10.1 Å². The molecule has 0 bridgehead atoms. The van der Waals surface area contributed by atoms with E-state index in [1.807, 2.05) is 24.3 Å². The Morgan fingerprint density at radius 2 is 1.30 bits per heavy atom. The Balaban J connectivity index is 2.53. The van der Waals surface area contributed by atoms with Gasteiger partial charge in [-0.2, -0.15) is 8.42 Å². The van der Waals surface area contributed by atoms with E-state index in [2.05, 4.69) is 31.9 Å². The summed E-state index contributed by atoms with van der Waals surface area (Å²) < 4.78 is 33.4. The van der Waals surface area contributed by atoms with Gasteiger partial charge in [-0.05, 0) is 65.5 Å². The number of benzene rings is 3. The van der Waals surface area contributed by atoms with Crippen LogP contribution in [0.25, 0.3) is 21.5 Å². The summed E-state index contributed by atoms with van der Waals surface area (Å²) in [4.78, 5) is -0.118. The summed E-state index contributed by atoms with van der Waals surface area (Å²) in [5.74, 6) is 0. The van der Waals surface area contributed by atoms with Crippen LogP contribution in [0.15, 0.2) is 56.3 Å². The molecule has 0 saturated carbocycles. The maximum atomic E-state index is 11.3. The predicted molar refractivity (Wildman–Crippen MR) is 86.7 cm³/mol. The number of halogens is 2. The van der Waals surface area contributed by atoms with E-state index >= 15 is 0 Å². The molecule has 3 aromatic rings. The van der Waals surface area contributed by atoms with E-state index in [0.29, 0.717) is 0 Å². The van der Waals surface area contributed by atoms with Crippen LogP contribution in [0.1, 0.15) is 0 Å². The molecule has 0 unspecified atom stereocenters. The molecule has 0 aliphatic rings. The standard InChI is InChI=1S/C14H8Br2O3S/c15-13-9-3-1-2-4-10(9)14(16)12-7-8(20(17,18)19)5-6-11(12)13/h1-7H,(H,17,18,19). The molecule has 0 radical (unpaired) electrons. The predicted octanol–water partition coefficient (Wildman–Crippen LogP) is 4.76. The maximum absolute atomic E-state index is 11.3. The van der Waals surface area contributed by atoms with Crippen molar-refractivity contribution >= 4 is 63.5 Å². The van der Waals surface area contributed by atoms with Gasteiger partial charge in [0.15, 0.2) is 0 Å². The van der Waals surface area contributed by atoms with Crippen molar-refractivity contribution in [2.75, 3.05) is 0 Å². The second kappa shape index (κ2) is 4.80. The van der Waals surface area contributed by atoms with Gasteiger partial charge < -0.3 is 0 Å². The van der Waals surface area contributed by atoms with E-state index in [0.717, 1.165) is 30.5 Å².